The summed E-state index contributed by atoms with van der Waals surface area (Å²) < 4.78 is 18.8. The Hall–Kier alpha value is -2.05. The molecule has 0 amide bonds. The number of hydrogen-bond acceptors (Lipinski definition) is 4. The quantitative estimate of drug-likeness (QED) is 0.454. The van der Waals surface area contributed by atoms with E-state index in [1.54, 1.807) is 0 Å². The molecule has 3 aromatic rings. The minimum absolute atomic E-state index is 0.0336. The van der Waals surface area contributed by atoms with Crippen LogP contribution >= 0.6 is 27.5 Å². The van der Waals surface area contributed by atoms with Crippen LogP contribution < -0.4 is 9.47 Å². The van der Waals surface area contributed by atoms with Gasteiger partial charge in [-0.05, 0) is 57.0 Å². The van der Waals surface area contributed by atoms with Crippen LogP contribution in [0.3, 0.4) is 0 Å². The Labute approximate surface area is 189 Å². The predicted molar refractivity (Wildman–Crippen MR) is 122 cm³/mol. The van der Waals surface area contributed by atoms with Gasteiger partial charge in [0.25, 0.3) is 0 Å². The van der Waals surface area contributed by atoms with Crippen LogP contribution in [0.1, 0.15) is 11.6 Å². The van der Waals surface area contributed by atoms with Gasteiger partial charge in [-0.25, -0.2) is 0 Å². The molecule has 0 saturated carbocycles. The van der Waals surface area contributed by atoms with Crippen molar-refractivity contribution in [2.45, 2.75) is 6.04 Å². The van der Waals surface area contributed by atoms with Crippen molar-refractivity contribution in [1.29, 1.82) is 0 Å². The van der Waals surface area contributed by atoms with Gasteiger partial charge in [0, 0.05) is 23.7 Å². The van der Waals surface area contributed by atoms with Crippen molar-refractivity contribution in [1.82, 2.24) is 4.90 Å². The highest BCUT2D eigenvalue weighted by atomic mass is 79.9. The van der Waals surface area contributed by atoms with Crippen LogP contribution in [0.2, 0.25) is 5.02 Å². The van der Waals surface area contributed by atoms with Gasteiger partial charge in [-0.2, -0.15) is 0 Å². The van der Waals surface area contributed by atoms with Gasteiger partial charge in [-0.1, -0.05) is 41.9 Å². The Bertz CT molecular complexity index is 1110. The SMILES string of the molecule is Clc1ccc2c(c1)[C@H](N1CCOCC1)/C(=C/COc1ccc3ccccc3c1Br)O2. The van der Waals surface area contributed by atoms with Gasteiger partial charge in [0.15, 0.2) is 0 Å². The third-order valence-electron chi connectivity index (χ3n) is 5.53. The summed E-state index contributed by atoms with van der Waals surface area (Å²) in [4.78, 5) is 2.38. The third kappa shape index (κ3) is 3.83. The molecule has 1 atom stereocenters. The molecule has 2 aliphatic rings. The number of benzene rings is 3. The first-order chi connectivity index (χ1) is 14.7. The third-order valence-corrected chi connectivity index (χ3v) is 6.58. The maximum Gasteiger partial charge on any atom is 0.134 e. The molecule has 4 nitrogen and oxygen atoms in total. The summed E-state index contributed by atoms with van der Waals surface area (Å²) in [6, 6.07) is 18.1. The smallest absolute Gasteiger partial charge is 0.134 e. The number of halogens is 2. The minimum atomic E-state index is 0.0336. The molecule has 0 spiro atoms. The molecule has 0 N–H and O–H groups in total. The monoisotopic (exact) mass is 485 g/mol. The molecule has 0 aliphatic carbocycles. The topological polar surface area (TPSA) is 30.9 Å². The number of morpholine rings is 1. The number of nitrogens with zero attached hydrogens (tertiary/aromatic N) is 1. The second-order valence-corrected chi connectivity index (χ2v) is 8.58. The standard InChI is InChI=1S/C24H21BrClNO3/c25-23-18-4-2-1-3-16(18)5-7-21(23)29-12-9-22-24(27-10-13-28-14-11-27)19-15-17(26)6-8-20(19)30-22/h1-9,15,24H,10-14H2/b22-9-/t24-/m0/s1. The summed E-state index contributed by atoms with van der Waals surface area (Å²) in [6.07, 6.45) is 2.02. The first kappa shape index (κ1) is 19.9. The van der Waals surface area contributed by atoms with E-state index in [0.717, 1.165) is 59.0 Å². The van der Waals surface area contributed by atoms with E-state index in [1.807, 2.05) is 42.5 Å². The van der Waals surface area contributed by atoms with Crippen LogP contribution in [0, 0.1) is 0 Å². The van der Waals surface area contributed by atoms with Crippen molar-refractivity contribution in [3.05, 3.63) is 81.5 Å². The van der Waals surface area contributed by atoms with Crippen molar-refractivity contribution >= 4 is 38.3 Å². The first-order valence-corrected chi connectivity index (χ1v) is 11.2. The average Bonchev–Trinajstić information content (AvgIpc) is 3.13. The van der Waals surface area contributed by atoms with E-state index < -0.39 is 0 Å². The highest BCUT2D eigenvalue weighted by molar-refractivity contribution is 9.10. The fraction of sp³-hybridized carbons (Fsp3) is 0.250. The summed E-state index contributed by atoms with van der Waals surface area (Å²) >= 11 is 9.96. The maximum atomic E-state index is 6.28. The summed E-state index contributed by atoms with van der Waals surface area (Å²) in [5.74, 6) is 2.55. The molecular weight excluding hydrogens is 466 g/mol. The highest BCUT2D eigenvalue weighted by Gasteiger charge is 2.35. The second kappa shape index (κ2) is 8.60. The fourth-order valence-corrected chi connectivity index (χ4v) is 4.85. The van der Waals surface area contributed by atoms with E-state index in [0.29, 0.717) is 11.6 Å². The lowest BCUT2D eigenvalue weighted by Crippen LogP contribution is -2.39. The van der Waals surface area contributed by atoms with Gasteiger partial charge in [-0.15, -0.1) is 0 Å². The van der Waals surface area contributed by atoms with Gasteiger partial charge >= 0.3 is 0 Å². The van der Waals surface area contributed by atoms with Crippen molar-refractivity contribution in [3.63, 3.8) is 0 Å². The van der Waals surface area contributed by atoms with Crippen LogP contribution in [0.5, 0.6) is 11.5 Å². The molecule has 3 aromatic carbocycles. The van der Waals surface area contributed by atoms with E-state index in [2.05, 4.69) is 39.0 Å². The maximum absolute atomic E-state index is 6.28. The lowest BCUT2D eigenvalue weighted by Gasteiger charge is -2.32. The van der Waals surface area contributed by atoms with Crippen molar-refractivity contribution in [2.75, 3.05) is 32.9 Å². The summed E-state index contributed by atoms with van der Waals surface area (Å²) in [6.45, 7) is 3.57. The molecule has 1 fully saturated rings. The van der Waals surface area contributed by atoms with Crippen molar-refractivity contribution < 1.29 is 14.2 Å². The zero-order valence-electron chi connectivity index (χ0n) is 16.3. The average molecular weight is 487 g/mol. The molecule has 0 radical (unpaired) electrons. The van der Waals surface area contributed by atoms with Gasteiger partial charge in [0.2, 0.25) is 0 Å². The number of fused-ring (bicyclic) bond motifs is 2. The molecule has 0 bridgehead atoms. The van der Waals surface area contributed by atoms with Crippen LogP contribution in [0.25, 0.3) is 10.8 Å². The Balaban J connectivity index is 1.39. The molecular formula is C24H21BrClNO3. The Morgan fingerprint density at radius 3 is 2.80 bits per heavy atom. The molecule has 2 aliphatic heterocycles. The van der Waals surface area contributed by atoms with Crippen molar-refractivity contribution in [2.24, 2.45) is 0 Å². The second-order valence-electron chi connectivity index (χ2n) is 7.35. The van der Waals surface area contributed by atoms with E-state index in [-0.39, 0.29) is 6.04 Å². The van der Waals surface area contributed by atoms with E-state index in [4.69, 9.17) is 25.8 Å². The normalized spacial score (nSPS) is 20.3. The van der Waals surface area contributed by atoms with E-state index in [9.17, 15) is 0 Å². The van der Waals surface area contributed by atoms with Crippen LogP contribution in [0.15, 0.2) is 70.9 Å². The lowest BCUT2D eigenvalue weighted by atomic mass is 10.0. The zero-order chi connectivity index (χ0) is 20.5. The number of ether oxygens (including phenoxy) is 3. The van der Waals surface area contributed by atoms with Crippen LogP contribution in [-0.4, -0.2) is 37.8 Å². The summed E-state index contributed by atoms with van der Waals surface area (Å²) in [5.41, 5.74) is 1.10. The van der Waals surface area contributed by atoms with Crippen molar-refractivity contribution in [3.8, 4) is 11.5 Å². The lowest BCUT2D eigenvalue weighted by molar-refractivity contribution is 0.0206. The summed E-state index contributed by atoms with van der Waals surface area (Å²) in [5, 5.41) is 3.02. The summed E-state index contributed by atoms with van der Waals surface area (Å²) in [7, 11) is 0. The number of hydrogen-bond donors (Lipinski definition) is 0. The fourth-order valence-electron chi connectivity index (χ4n) is 4.07. The van der Waals surface area contributed by atoms with E-state index >= 15 is 0 Å². The number of rotatable bonds is 4. The Morgan fingerprint density at radius 1 is 1.10 bits per heavy atom. The van der Waals surface area contributed by atoms with E-state index in [1.165, 1.54) is 5.39 Å². The molecule has 0 aromatic heterocycles. The van der Waals surface area contributed by atoms with Gasteiger partial charge in [0.05, 0.1) is 23.7 Å². The molecule has 30 heavy (non-hydrogen) atoms. The first-order valence-electron chi connectivity index (χ1n) is 10.00. The largest absolute Gasteiger partial charge is 0.488 e. The van der Waals surface area contributed by atoms with Gasteiger partial charge in [0.1, 0.15) is 23.9 Å². The molecule has 1 saturated heterocycles. The van der Waals surface area contributed by atoms with Gasteiger partial charge in [-0.3, -0.25) is 4.90 Å². The van der Waals surface area contributed by atoms with Gasteiger partial charge < -0.3 is 14.2 Å². The molecule has 2 heterocycles. The molecule has 5 rings (SSSR count). The molecule has 0 unspecified atom stereocenters. The molecule has 6 heteroatoms. The Morgan fingerprint density at radius 2 is 1.93 bits per heavy atom. The zero-order valence-corrected chi connectivity index (χ0v) is 18.7. The predicted octanol–water partition coefficient (Wildman–Crippen LogP) is 5.98. The van der Waals surface area contributed by atoms with Crippen LogP contribution in [-0.2, 0) is 4.74 Å². The highest BCUT2D eigenvalue weighted by Crippen LogP contribution is 2.44. The minimum Gasteiger partial charge on any atom is -0.488 e. The molecule has 154 valence electrons. The Kier molecular flexibility index (Phi) is 5.70. The van der Waals surface area contributed by atoms with Crippen LogP contribution in [0.4, 0.5) is 0 Å².